The average molecular weight is 388 g/mol. The van der Waals surface area contributed by atoms with Crippen molar-refractivity contribution in [3.63, 3.8) is 0 Å². The molecule has 0 aromatic heterocycles. The fourth-order valence-corrected chi connectivity index (χ4v) is 4.14. The van der Waals surface area contributed by atoms with E-state index in [9.17, 15) is 8.42 Å². The molecule has 6 heteroatoms. The number of rotatable bonds is 6. The molecule has 0 spiro atoms. The molecule has 0 aliphatic carbocycles. The van der Waals surface area contributed by atoms with E-state index in [4.69, 9.17) is 16.3 Å². The van der Waals surface area contributed by atoms with Gasteiger partial charge in [-0.15, -0.1) is 0 Å². The van der Waals surface area contributed by atoms with Crippen LogP contribution < -0.4 is 9.04 Å². The van der Waals surface area contributed by atoms with Gasteiger partial charge in [0.25, 0.3) is 10.0 Å². The van der Waals surface area contributed by atoms with E-state index in [0.29, 0.717) is 16.5 Å². The Morgan fingerprint density at radius 1 is 0.885 bits per heavy atom. The van der Waals surface area contributed by atoms with Crippen LogP contribution in [-0.4, -0.2) is 15.5 Å². The van der Waals surface area contributed by atoms with Crippen LogP contribution in [0.15, 0.2) is 83.8 Å². The molecule has 3 aromatic carbocycles. The lowest BCUT2D eigenvalue weighted by molar-refractivity contribution is 0.415. The van der Waals surface area contributed by atoms with Crippen LogP contribution in [0, 0.1) is 0 Å². The predicted molar refractivity (Wildman–Crippen MR) is 104 cm³/mol. The predicted octanol–water partition coefficient (Wildman–Crippen LogP) is 4.74. The van der Waals surface area contributed by atoms with Crippen LogP contribution in [0.5, 0.6) is 5.75 Å². The number of ether oxygens (including phenoxy) is 1. The summed E-state index contributed by atoms with van der Waals surface area (Å²) in [4.78, 5) is 0.241. The minimum atomic E-state index is -3.72. The van der Waals surface area contributed by atoms with E-state index in [2.05, 4.69) is 0 Å². The van der Waals surface area contributed by atoms with Crippen LogP contribution in [0.3, 0.4) is 0 Å². The Labute approximate surface area is 158 Å². The zero-order valence-corrected chi connectivity index (χ0v) is 15.7. The molecule has 26 heavy (non-hydrogen) atoms. The van der Waals surface area contributed by atoms with Crippen LogP contribution in [-0.2, 0) is 16.6 Å². The Morgan fingerprint density at radius 2 is 1.50 bits per heavy atom. The first kappa shape index (κ1) is 18.3. The standard InChI is InChI=1S/C20H18ClNO3S/c1-25-19-13-11-18(12-14-19)22(15-16-7-9-17(21)10-8-16)26(23,24)20-5-3-2-4-6-20/h2-14H,15H2,1H3. The summed E-state index contributed by atoms with van der Waals surface area (Å²) in [6.07, 6.45) is 0. The minimum absolute atomic E-state index is 0.195. The topological polar surface area (TPSA) is 46.6 Å². The van der Waals surface area contributed by atoms with E-state index in [1.165, 1.54) is 4.31 Å². The summed E-state index contributed by atoms with van der Waals surface area (Å²) in [6, 6.07) is 22.5. The van der Waals surface area contributed by atoms with Gasteiger partial charge in [0.1, 0.15) is 5.75 Å². The molecule has 0 heterocycles. The fraction of sp³-hybridized carbons (Fsp3) is 0.100. The Hall–Kier alpha value is -2.50. The Kier molecular flexibility index (Phi) is 5.49. The van der Waals surface area contributed by atoms with Gasteiger partial charge in [-0.25, -0.2) is 8.42 Å². The van der Waals surface area contributed by atoms with Gasteiger partial charge in [-0.05, 0) is 54.1 Å². The number of halogens is 1. The quantitative estimate of drug-likeness (QED) is 0.613. The highest BCUT2D eigenvalue weighted by Gasteiger charge is 2.25. The van der Waals surface area contributed by atoms with Crippen molar-refractivity contribution in [1.29, 1.82) is 0 Å². The van der Waals surface area contributed by atoms with E-state index >= 15 is 0 Å². The Balaban J connectivity index is 2.04. The van der Waals surface area contributed by atoms with Crippen LogP contribution >= 0.6 is 11.6 Å². The van der Waals surface area contributed by atoms with Crippen molar-refractivity contribution in [2.75, 3.05) is 11.4 Å². The first-order chi connectivity index (χ1) is 12.5. The van der Waals surface area contributed by atoms with Gasteiger partial charge in [-0.3, -0.25) is 4.31 Å². The molecular weight excluding hydrogens is 370 g/mol. The summed E-state index contributed by atoms with van der Waals surface area (Å²) in [6.45, 7) is 0.195. The van der Waals surface area contributed by atoms with Gasteiger partial charge >= 0.3 is 0 Å². The maximum absolute atomic E-state index is 13.2. The van der Waals surface area contributed by atoms with Crippen molar-refractivity contribution >= 4 is 27.3 Å². The third-order valence-electron chi connectivity index (χ3n) is 3.93. The highest BCUT2D eigenvalue weighted by molar-refractivity contribution is 7.92. The first-order valence-corrected chi connectivity index (χ1v) is 9.79. The number of methoxy groups -OCH3 is 1. The Morgan fingerprint density at radius 3 is 2.08 bits per heavy atom. The van der Waals surface area contributed by atoms with Gasteiger partial charge in [0, 0.05) is 5.02 Å². The van der Waals surface area contributed by atoms with Crippen molar-refractivity contribution in [3.8, 4) is 5.75 Å². The number of hydrogen-bond acceptors (Lipinski definition) is 3. The normalized spacial score (nSPS) is 11.2. The van der Waals surface area contributed by atoms with Gasteiger partial charge in [0.05, 0.1) is 24.2 Å². The van der Waals surface area contributed by atoms with Crippen LogP contribution in [0.2, 0.25) is 5.02 Å². The molecule has 0 saturated carbocycles. The van der Waals surface area contributed by atoms with Crippen LogP contribution in [0.25, 0.3) is 0 Å². The molecule has 0 aliphatic heterocycles. The molecule has 3 rings (SSSR count). The second kappa shape index (κ2) is 7.81. The first-order valence-electron chi connectivity index (χ1n) is 7.97. The average Bonchev–Trinajstić information content (AvgIpc) is 2.68. The highest BCUT2D eigenvalue weighted by atomic mass is 35.5. The molecule has 0 fully saturated rings. The molecule has 0 amide bonds. The molecule has 0 N–H and O–H groups in total. The smallest absolute Gasteiger partial charge is 0.264 e. The summed E-state index contributed by atoms with van der Waals surface area (Å²) in [5, 5.41) is 0.607. The van der Waals surface area contributed by atoms with E-state index in [0.717, 1.165) is 5.56 Å². The number of anilines is 1. The van der Waals surface area contributed by atoms with E-state index in [1.54, 1.807) is 73.8 Å². The lowest BCUT2D eigenvalue weighted by Gasteiger charge is -2.25. The third kappa shape index (κ3) is 4.00. The maximum atomic E-state index is 13.2. The second-order valence-corrected chi connectivity index (χ2v) is 7.95. The lowest BCUT2D eigenvalue weighted by atomic mass is 10.2. The zero-order valence-electron chi connectivity index (χ0n) is 14.2. The molecule has 0 unspecified atom stereocenters. The van der Waals surface area contributed by atoms with Gasteiger partial charge in [-0.2, -0.15) is 0 Å². The summed E-state index contributed by atoms with van der Waals surface area (Å²) in [5.41, 5.74) is 1.40. The van der Waals surface area contributed by atoms with Gasteiger partial charge in [0.15, 0.2) is 0 Å². The molecule has 3 aromatic rings. The maximum Gasteiger partial charge on any atom is 0.264 e. The number of nitrogens with zero attached hydrogens (tertiary/aromatic N) is 1. The minimum Gasteiger partial charge on any atom is -0.497 e. The van der Waals surface area contributed by atoms with Gasteiger partial charge in [0.2, 0.25) is 0 Å². The number of sulfonamides is 1. The summed E-state index contributed by atoms with van der Waals surface area (Å²) in [5.74, 6) is 0.664. The molecular formula is C20H18ClNO3S. The highest BCUT2D eigenvalue weighted by Crippen LogP contribution is 2.28. The van der Waals surface area contributed by atoms with Crippen molar-refractivity contribution in [1.82, 2.24) is 0 Å². The van der Waals surface area contributed by atoms with E-state index < -0.39 is 10.0 Å². The molecule has 0 saturated heterocycles. The SMILES string of the molecule is COc1ccc(N(Cc2ccc(Cl)cc2)S(=O)(=O)c2ccccc2)cc1. The summed E-state index contributed by atoms with van der Waals surface area (Å²) >= 11 is 5.94. The third-order valence-corrected chi connectivity index (χ3v) is 5.97. The number of benzene rings is 3. The van der Waals surface area contributed by atoms with Gasteiger partial charge in [-0.1, -0.05) is 41.9 Å². The van der Waals surface area contributed by atoms with Crippen molar-refractivity contribution < 1.29 is 13.2 Å². The molecule has 0 radical (unpaired) electrons. The van der Waals surface area contributed by atoms with Crippen molar-refractivity contribution in [2.24, 2.45) is 0 Å². The largest absolute Gasteiger partial charge is 0.497 e. The second-order valence-electron chi connectivity index (χ2n) is 5.65. The molecule has 134 valence electrons. The van der Waals surface area contributed by atoms with E-state index in [1.807, 2.05) is 12.1 Å². The zero-order chi connectivity index (χ0) is 18.6. The number of hydrogen-bond donors (Lipinski definition) is 0. The van der Waals surface area contributed by atoms with Crippen molar-refractivity contribution in [2.45, 2.75) is 11.4 Å². The molecule has 4 nitrogen and oxygen atoms in total. The van der Waals surface area contributed by atoms with Crippen molar-refractivity contribution in [3.05, 3.63) is 89.4 Å². The monoisotopic (exact) mass is 387 g/mol. The Bertz CT molecular complexity index is 956. The summed E-state index contributed by atoms with van der Waals surface area (Å²) < 4.78 is 33.0. The molecule has 0 atom stereocenters. The van der Waals surface area contributed by atoms with Crippen LogP contribution in [0.1, 0.15) is 5.56 Å². The summed E-state index contributed by atoms with van der Waals surface area (Å²) in [7, 11) is -2.15. The lowest BCUT2D eigenvalue weighted by Crippen LogP contribution is -2.30. The molecule has 0 aliphatic rings. The van der Waals surface area contributed by atoms with Gasteiger partial charge < -0.3 is 4.74 Å². The fourth-order valence-electron chi connectivity index (χ4n) is 2.54. The van der Waals surface area contributed by atoms with Crippen LogP contribution in [0.4, 0.5) is 5.69 Å². The molecule has 0 bridgehead atoms. The van der Waals surface area contributed by atoms with E-state index in [-0.39, 0.29) is 11.4 Å².